The highest BCUT2D eigenvalue weighted by molar-refractivity contribution is 6.06. The number of hydrogen-bond acceptors (Lipinski definition) is 3. The van der Waals surface area contributed by atoms with E-state index in [1.54, 1.807) is 48.5 Å². The normalized spacial score (nSPS) is 14.5. The highest BCUT2D eigenvalue weighted by Crippen LogP contribution is 2.19. The molecule has 0 spiro atoms. The van der Waals surface area contributed by atoms with E-state index < -0.39 is 0 Å². The minimum atomic E-state index is -0.338. The van der Waals surface area contributed by atoms with E-state index in [1.807, 2.05) is 4.90 Å². The number of amides is 2. The molecule has 1 aliphatic rings. The van der Waals surface area contributed by atoms with Crippen LogP contribution in [0.1, 0.15) is 46.0 Å². The predicted molar refractivity (Wildman–Crippen MR) is 99.9 cm³/mol. The maximum absolute atomic E-state index is 12.7. The minimum Gasteiger partial charge on any atom is -0.339 e. The van der Waals surface area contributed by atoms with Gasteiger partial charge >= 0.3 is 0 Å². The first-order chi connectivity index (χ1) is 12.6. The van der Waals surface area contributed by atoms with Gasteiger partial charge in [0.2, 0.25) is 0 Å². The summed E-state index contributed by atoms with van der Waals surface area (Å²) in [6.45, 7) is 3.71. The average Bonchev–Trinajstić information content (AvgIpc) is 2.68. The lowest BCUT2D eigenvalue weighted by molar-refractivity contribution is 0.0697. The SMILES string of the molecule is CC1CCN(C(=O)c2cccc(C(=O)Nc3ccccc3C#N)c2)CC1. The predicted octanol–water partition coefficient (Wildman–Crippen LogP) is 3.68. The second-order valence-electron chi connectivity index (χ2n) is 6.67. The number of rotatable bonds is 3. The van der Waals surface area contributed by atoms with E-state index in [1.165, 1.54) is 0 Å². The van der Waals surface area contributed by atoms with Crippen LogP contribution in [0.15, 0.2) is 48.5 Å². The molecule has 2 aromatic rings. The standard InChI is InChI=1S/C21H21N3O2/c1-15-9-11-24(12-10-15)21(26)17-7-4-6-16(13-17)20(25)23-19-8-3-2-5-18(19)14-22/h2-8,13,15H,9-12H2,1H3,(H,23,25). The van der Waals surface area contributed by atoms with Gasteiger partial charge in [-0.15, -0.1) is 0 Å². The highest BCUT2D eigenvalue weighted by Gasteiger charge is 2.22. The molecule has 0 aromatic heterocycles. The van der Waals surface area contributed by atoms with Crippen LogP contribution < -0.4 is 5.32 Å². The molecular formula is C21H21N3O2. The van der Waals surface area contributed by atoms with E-state index in [0.29, 0.717) is 28.3 Å². The number of nitrogens with one attached hydrogen (secondary N) is 1. The summed E-state index contributed by atoms with van der Waals surface area (Å²) in [6, 6.07) is 15.6. The molecule has 0 saturated carbocycles. The van der Waals surface area contributed by atoms with Gasteiger partial charge in [0.1, 0.15) is 6.07 Å². The van der Waals surface area contributed by atoms with Gasteiger partial charge in [-0.2, -0.15) is 5.26 Å². The van der Waals surface area contributed by atoms with Crippen molar-refractivity contribution in [3.05, 3.63) is 65.2 Å². The number of nitrogens with zero attached hydrogens (tertiary/aromatic N) is 2. The Morgan fingerprint density at radius 1 is 1.08 bits per heavy atom. The molecule has 3 rings (SSSR count). The summed E-state index contributed by atoms with van der Waals surface area (Å²) in [5.74, 6) is 0.273. The summed E-state index contributed by atoms with van der Waals surface area (Å²) < 4.78 is 0. The monoisotopic (exact) mass is 347 g/mol. The van der Waals surface area contributed by atoms with Gasteiger partial charge in [0.05, 0.1) is 11.3 Å². The molecule has 0 radical (unpaired) electrons. The van der Waals surface area contributed by atoms with Crippen LogP contribution in [0.3, 0.4) is 0 Å². The second-order valence-corrected chi connectivity index (χ2v) is 6.67. The molecule has 26 heavy (non-hydrogen) atoms. The van der Waals surface area contributed by atoms with Crippen molar-refractivity contribution in [1.29, 1.82) is 5.26 Å². The topological polar surface area (TPSA) is 73.2 Å². The fourth-order valence-electron chi connectivity index (χ4n) is 3.07. The first-order valence-corrected chi connectivity index (χ1v) is 8.78. The Hall–Kier alpha value is -3.13. The van der Waals surface area contributed by atoms with Crippen LogP contribution in [0.2, 0.25) is 0 Å². The first-order valence-electron chi connectivity index (χ1n) is 8.78. The molecule has 2 aromatic carbocycles. The van der Waals surface area contributed by atoms with Crippen molar-refractivity contribution in [3.63, 3.8) is 0 Å². The maximum Gasteiger partial charge on any atom is 0.255 e. The third-order valence-corrected chi connectivity index (χ3v) is 4.74. The number of benzene rings is 2. The van der Waals surface area contributed by atoms with Crippen molar-refractivity contribution in [2.45, 2.75) is 19.8 Å². The van der Waals surface area contributed by atoms with Crippen molar-refractivity contribution in [3.8, 4) is 6.07 Å². The Labute approximate surface area is 153 Å². The van der Waals surface area contributed by atoms with Gasteiger partial charge in [-0.3, -0.25) is 9.59 Å². The Morgan fingerprint density at radius 3 is 2.50 bits per heavy atom. The minimum absolute atomic E-state index is 0.0380. The van der Waals surface area contributed by atoms with E-state index in [4.69, 9.17) is 5.26 Å². The molecule has 132 valence electrons. The molecule has 2 amide bonds. The quantitative estimate of drug-likeness (QED) is 0.920. The molecule has 0 unspecified atom stereocenters. The summed E-state index contributed by atoms with van der Waals surface area (Å²) in [7, 11) is 0. The zero-order valence-electron chi connectivity index (χ0n) is 14.7. The number of piperidine rings is 1. The van der Waals surface area contributed by atoms with Crippen LogP contribution >= 0.6 is 0 Å². The molecular weight excluding hydrogens is 326 g/mol. The van der Waals surface area contributed by atoms with E-state index in [2.05, 4.69) is 18.3 Å². The first kappa shape index (κ1) is 17.7. The zero-order valence-corrected chi connectivity index (χ0v) is 14.7. The number of anilines is 1. The molecule has 1 aliphatic heterocycles. The van der Waals surface area contributed by atoms with Crippen molar-refractivity contribution in [2.24, 2.45) is 5.92 Å². The lowest BCUT2D eigenvalue weighted by atomic mass is 9.98. The number of likely N-dealkylation sites (tertiary alicyclic amines) is 1. The van der Waals surface area contributed by atoms with E-state index >= 15 is 0 Å². The Bertz CT molecular complexity index is 862. The number of hydrogen-bond donors (Lipinski definition) is 1. The van der Waals surface area contributed by atoms with E-state index in [9.17, 15) is 9.59 Å². The van der Waals surface area contributed by atoms with Crippen LogP contribution in [0.5, 0.6) is 0 Å². The molecule has 1 saturated heterocycles. The third-order valence-electron chi connectivity index (χ3n) is 4.74. The van der Waals surface area contributed by atoms with Crippen LogP contribution in [-0.2, 0) is 0 Å². The summed E-state index contributed by atoms with van der Waals surface area (Å²) >= 11 is 0. The maximum atomic E-state index is 12.7. The summed E-state index contributed by atoms with van der Waals surface area (Å²) in [5.41, 5.74) is 1.77. The number of para-hydroxylation sites is 1. The molecule has 1 fully saturated rings. The lowest BCUT2D eigenvalue weighted by Crippen LogP contribution is -2.38. The van der Waals surface area contributed by atoms with Gasteiger partial charge in [0.25, 0.3) is 11.8 Å². The van der Waals surface area contributed by atoms with Gasteiger partial charge in [-0.25, -0.2) is 0 Å². The molecule has 0 aliphatic carbocycles. The highest BCUT2D eigenvalue weighted by atomic mass is 16.2. The van der Waals surface area contributed by atoms with Gasteiger partial charge in [-0.1, -0.05) is 25.1 Å². The van der Waals surface area contributed by atoms with Crippen molar-refractivity contribution < 1.29 is 9.59 Å². The number of carbonyl (C=O) groups excluding carboxylic acids is 2. The van der Waals surface area contributed by atoms with Gasteiger partial charge in [0.15, 0.2) is 0 Å². The summed E-state index contributed by atoms with van der Waals surface area (Å²) in [5, 5.41) is 11.9. The molecule has 0 bridgehead atoms. The molecule has 5 heteroatoms. The average molecular weight is 347 g/mol. The van der Waals surface area contributed by atoms with E-state index in [-0.39, 0.29) is 11.8 Å². The van der Waals surface area contributed by atoms with E-state index in [0.717, 1.165) is 25.9 Å². The second kappa shape index (κ2) is 7.83. The van der Waals surface area contributed by atoms with Gasteiger partial charge < -0.3 is 10.2 Å². The Morgan fingerprint density at radius 2 is 1.77 bits per heavy atom. The van der Waals surface area contributed by atoms with Gasteiger partial charge in [0, 0.05) is 24.2 Å². The molecule has 1 heterocycles. The van der Waals surface area contributed by atoms with Crippen molar-refractivity contribution in [2.75, 3.05) is 18.4 Å². The van der Waals surface area contributed by atoms with Crippen molar-refractivity contribution in [1.82, 2.24) is 4.90 Å². The summed E-state index contributed by atoms with van der Waals surface area (Å²) in [4.78, 5) is 27.1. The molecule has 0 atom stereocenters. The smallest absolute Gasteiger partial charge is 0.255 e. The number of nitriles is 1. The van der Waals surface area contributed by atoms with Crippen LogP contribution in [-0.4, -0.2) is 29.8 Å². The van der Waals surface area contributed by atoms with Crippen LogP contribution in [0.25, 0.3) is 0 Å². The molecule has 1 N–H and O–H groups in total. The lowest BCUT2D eigenvalue weighted by Gasteiger charge is -2.30. The molecule has 5 nitrogen and oxygen atoms in total. The summed E-state index contributed by atoms with van der Waals surface area (Å²) in [6.07, 6.45) is 2.02. The fourth-order valence-corrected chi connectivity index (χ4v) is 3.07. The largest absolute Gasteiger partial charge is 0.339 e. The zero-order chi connectivity index (χ0) is 18.5. The van der Waals surface area contributed by atoms with Crippen molar-refractivity contribution >= 4 is 17.5 Å². The third kappa shape index (κ3) is 3.92. The fraction of sp³-hybridized carbons (Fsp3) is 0.286. The van der Waals surface area contributed by atoms with Crippen LogP contribution in [0, 0.1) is 17.2 Å². The van der Waals surface area contributed by atoms with Crippen LogP contribution in [0.4, 0.5) is 5.69 Å². The van der Waals surface area contributed by atoms with Gasteiger partial charge in [-0.05, 0) is 49.1 Å². The Kier molecular flexibility index (Phi) is 5.33. The Balaban J connectivity index is 1.75. The number of carbonyl (C=O) groups is 2.